The normalized spacial score (nSPS) is 11.9. The highest BCUT2D eigenvalue weighted by molar-refractivity contribution is 7.89. The molecule has 1 aromatic rings. The van der Waals surface area contributed by atoms with Gasteiger partial charge < -0.3 is 10.4 Å². The summed E-state index contributed by atoms with van der Waals surface area (Å²) in [7, 11) is -1.73. The molecular weight excluding hydrogens is 272 g/mol. The number of hydrogen-bond acceptors (Lipinski definition) is 5. The molecule has 102 valence electrons. The van der Waals surface area contributed by atoms with Crippen molar-refractivity contribution in [1.29, 1.82) is 0 Å². The fourth-order valence-electron chi connectivity index (χ4n) is 1.48. The fraction of sp³-hybridized carbons (Fsp3) is 0.455. The molecule has 0 bridgehead atoms. The molecule has 0 amide bonds. The van der Waals surface area contributed by atoms with Crippen LogP contribution in [0.5, 0.6) is 0 Å². The van der Waals surface area contributed by atoms with E-state index >= 15 is 0 Å². The molecule has 0 unspecified atom stereocenters. The number of rotatable bonds is 8. The maximum Gasteiger partial charge on any atom is 0.244 e. The summed E-state index contributed by atoms with van der Waals surface area (Å²) in [5, 5.41) is 13.5. The summed E-state index contributed by atoms with van der Waals surface area (Å²) in [4.78, 5) is 1.23. The van der Waals surface area contributed by atoms with Crippen LogP contribution in [0.4, 0.5) is 0 Å². The van der Waals surface area contributed by atoms with E-state index in [4.69, 9.17) is 5.11 Å². The summed E-state index contributed by atoms with van der Waals surface area (Å²) in [6.07, 6.45) is 1.51. The van der Waals surface area contributed by atoms with Crippen molar-refractivity contribution in [2.75, 3.05) is 26.7 Å². The molecule has 0 spiro atoms. The highest BCUT2D eigenvalue weighted by atomic mass is 32.2. The quantitative estimate of drug-likeness (QED) is 0.689. The molecule has 0 saturated heterocycles. The third kappa shape index (κ3) is 3.63. The van der Waals surface area contributed by atoms with Gasteiger partial charge in [0.1, 0.15) is 0 Å². The molecule has 2 N–H and O–H groups in total. The van der Waals surface area contributed by atoms with E-state index in [1.807, 2.05) is 7.05 Å². The molecule has 1 rings (SSSR count). The van der Waals surface area contributed by atoms with Gasteiger partial charge in [-0.15, -0.1) is 17.9 Å². The number of thiophene rings is 1. The van der Waals surface area contributed by atoms with Crippen LogP contribution in [0.1, 0.15) is 4.88 Å². The largest absolute Gasteiger partial charge is 0.395 e. The molecule has 0 fully saturated rings. The van der Waals surface area contributed by atoms with Crippen molar-refractivity contribution in [1.82, 2.24) is 9.62 Å². The highest BCUT2D eigenvalue weighted by Crippen LogP contribution is 2.22. The Labute approximate surface area is 112 Å². The molecule has 0 radical (unpaired) electrons. The molecule has 1 aromatic heterocycles. The first-order chi connectivity index (χ1) is 8.56. The second kappa shape index (κ2) is 7.01. The molecule has 1 heterocycles. The zero-order valence-corrected chi connectivity index (χ0v) is 11.9. The van der Waals surface area contributed by atoms with Gasteiger partial charge in [-0.2, -0.15) is 4.31 Å². The standard InChI is InChI=1S/C11H18N2O3S2/c1-3-4-13(5-6-14)18(15,16)11-7-10(8-12-2)17-9-11/h3,7,9,12,14H,1,4-6,8H2,2H3. The van der Waals surface area contributed by atoms with E-state index in [9.17, 15) is 8.42 Å². The van der Waals surface area contributed by atoms with Crippen molar-refractivity contribution in [2.24, 2.45) is 0 Å². The van der Waals surface area contributed by atoms with Crippen LogP contribution in [-0.4, -0.2) is 44.6 Å². The Morgan fingerprint density at radius 2 is 2.33 bits per heavy atom. The van der Waals surface area contributed by atoms with Gasteiger partial charge in [-0.1, -0.05) is 6.08 Å². The van der Waals surface area contributed by atoms with Crippen LogP contribution in [0.3, 0.4) is 0 Å². The van der Waals surface area contributed by atoms with E-state index in [0.29, 0.717) is 6.54 Å². The van der Waals surface area contributed by atoms with E-state index in [1.165, 1.54) is 21.7 Å². The Morgan fingerprint density at radius 3 is 2.89 bits per heavy atom. The van der Waals surface area contributed by atoms with Gasteiger partial charge in [0.15, 0.2) is 0 Å². The van der Waals surface area contributed by atoms with Crippen LogP contribution >= 0.6 is 11.3 Å². The summed E-state index contributed by atoms with van der Waals surface area (Å²) in [6.45, 7) is 4.23. The lowest BCUT2D eigenvalue weighted by Crippen LogP contribution is -2.33. The molecule has 7 heteroatoms. The van der Waals surface area contributed by atoms with Crippen LogP contribution in [0, 0.1) is 0 Å². The van der Waals surface area contributed by atoms with Crippen LogP contribution < -0.4 is 5.32 Å². The Kier molecular flexibility index (Phi) is 5.97. The van der Waals surface area contributed by atoms with E-state index in [2.05, 4.69) is 11.9 Å². The summed E-state index contributed by atoms with van der Waals surface area (Å²) < 4.78 is 25.8. The van der Waals surface area contributed by atoms with Gasteiger partial charge in [0.2, 0.25) is 10.0 Å². The Bertz CT molecular complexity index is 482. The molecule has 0 atom stereocenters. The fourth-order valence-corrected chi connectivity index (χ4v) is 4.15. The van der Waals surface area contributed by atoms with Gasteiger partial charge in [0.05, 0.1) is 11.5 Å². The first kappa shape index (κ1) is 15.3. The van der Waals surface area contributed by atoms with Gasteiger partial charge in [-0.05, 0) is 13.1 Å². The third-order valence-corrected chi connectivity index (χ3v) is 5.23. The van der Waals surface area contributed by atoms with Crippen molar-refractivity contribution in [3.8, 4) is 0 Å². The smallest absolute Gasteiger partial charge is 0.244 e. The van der Waals surface area contributed by atoms with Gasteiger partial charge in [-0.3, -0.25) is 0 Å². The van der Waals surface area contributed by atoms with Gasteiger partial charge in [-0.25, -0.2) is 8.42 Å². The van der Waals surface area contributed by atoms with Crippen LogP contribution in [0.15, 0.2) is 29.0 Å². The van der Waals surface area contributed by atoms with Gasteiger partial charge >= 0.3 is 0 Å². The zero-order chi connectivity index (χ0) is 13.6. The van der Waals surface area contributed by atoms with Crippen LogP contribution in [0.25, 0.3) is 0 Å². The van der Waals surface area contributed by atoms with Gasteiger partial charge in [0, 0.05) is 29.9 Å². The number of aliphatic hydroxyl groups is 1. The average molecular weight is 290 g/mol. The Balaban J connectivity index is 2.97. The lowest BCUT2D eigenvalue weighted by Gasteiger charge is -2.18. The van der Waals surface area contributed by atoms with Crippen molar-refractivity contribution in [3.63, 3.8) is 0 Å². The second-order valence-corrected chi connectivity index (χ2v) is 6.59. The summed E-state index contributed by atoms with van der Waals surface area (Å²) in [5.41, 5.74) is 0. The predicted molar refractivity (Wildman–Crippen MR) is 73.1 cm³/mol. The zero-order valence-electron chi connectivity index (χ0n) is 10.3. The maximum absolute atomic E-state index is 12.3. The minimum atomic E-state index is -3.54. The van der Waals surface area contributed by atoms with Crippen LogP contribution in [-0.2, 0) is 16.6 Å². The van der Waals surface area contributed by atoms with E-state index < -0.39 is 10.0 Å². The first-order valence-electron chi connectivity index (χ1n) is 5.50. The van der Waals surface area contributed by atoms with Crippen molar-refractivity contribution >= 4 is 21.4 Å². The van der Waals surface area contributed by atoms with E-state index in [1.54, 1.807) is 11.4 Å². The Morgan fingerprint density at radius 1 is 1.61 bits per heavy atom. The molecule has 18 heavy (non-hydrogen) atoms. The molecular formula is C11H18N2O3S2. The monoisotopic (exact) mass is 290 g/mol. The first-order valence-corrected chi connectivity index (χ1v) is 7.82. The topological polar surface area (TPSA) is 69.6 Å². The molecule has 0 aliphatic carbocycles. The highest BCUT2D eigenvalue weighted by Gasteiger charge is 2.24. The average Bonchev–Trinajstić information content (AvgIpc) is 2.78. The number of aliphatic hydroxyl groups excluding tert-OH is 1. The lowest BCUT2D eigenvalue weighted by molar-refractivity contribution is 0.260. The Hall–Kier alpha value is -0.730. The van der Waals surface area contributed by atoms with Crippen molar-refractivity contribution in [3.05, 3.63) is 29.0 Å². The third-order valence-electron chi connectivity index (χ3n) is 2.30. The minimum Gasteiger partial charge on any atom is -0.395 e. The van der Waals surface area contributed by atoms with Gasteiger partial charge in [0.25, 0.3) is 0 Å². The maximum atomic E-state index is 12.3. The predicted octanol–water partition coefficient (Wildman–Crippen LogP) is 0.636. The molecule has 0 saturated carbocycles. The summed E-state index contributed by atoms with van der Waals surface area (Å²) >= 11 is 1.40. The molecule has 0 aliphatic rings. The lowest BCUT2D eigenvalue weighted by atomic mass is 10.5. The number of nitrogens with zero attached hydrogens (tertiary/aromatic N) is 1. The number of hydrogen-bond donors (Lipinski definition) is 2. The molecule has 0 aliphatic heterocycles. The number of sulfonamides is 1. The minimum absolute atomic E-state index is 0.0750. The van der Waals surface area contributed by atoms with Crippen molar-refractivity contribution in [2.45, 2.75) is 11.4 Å². The second-order valence-electron chi connectivity index (χ2n) is 3.65. The molecule has 5 nitrogen and oxygen atoms in total. The van der Waals surface area contributed by atoms with Crippen molar-refractivity contribution < 1.29 is 13.5 Å². The molecule has 0 aromatic carbocycles. The summed E-state index contributed by atoms with van der Waals surface area (Å²) in [6, 6.07) is 1.66. The van der Waals surface area contributed by atoms with E-state index in [-0.39, 0.29) is 24.6 Å². The van der Waals surface area contributed by atoms with Crippen LogP contribution in [0.2, 0.25) is 0 Å². The summed E-state index contributed by atoms with van der Waals surface area (Å²) in [5.74, 6) is 0. The van der Waals surface area contributed by atoms with E-state index in [0.717, 1.165) is 4.88 Å². The number of nitrogens with one attached hydrogen (secondary N) is 1. The SMILES string of the molecule is C=CCN(CCO)S(=O)(=O)c1csc(CNC)c1.